The minimum absolute atomic E-state index is 0.0822. The van der Waals surface area contributed by atoms with Gasteiger partial charge in [-0.15, -0.1) is 0 Å². The minimum atomic E-state index is -2.62. The van der Waals surface area contributed by atoms with Crippen LogP contribution in [0.4, 0.5) is 14.5 Å². The van der Waals surface area contributed by atoms with E-state index in [4.69, 9.17) is 5.73 Å². The van der Waals surface area contributed by atoms with Crippen molar-refractivity contribution in [1.82, 2.24) is 4.98 Å². The second kappa shape index (κ2) is 4.50. The molecule has 13 heavy (non-hydrogen) atoms. The highest BCUT2D eigenvalue weighted by Crippen LogP contribution is 2.29. The molecule has 0 radical (unpaired) electrons. The highest BCUT2D eigenvalue weighted by molar-refractivity contribution is 14.1. The number of hydrogen-bond acceptors (Lipinski definition) is 2. The van der Waals surface area contributed by atoms with Gasteiger partial charge in [0.15, 0.2) is 0 Å². The number of nitrogens with zero attached hydrogens (tertiary/aromatic N) is 1. The van der Waals surface area contributed by atoms with Crippen molar-refractivity contribution in [3.8, 4) is 0 Å². The van der Waals surface area contributed by atoms with E-state index >= 15 is 0 Å². The van der Waals surface area contributed by atoms with Crippen LogP contribution in [0, 0.1) is 3.57 Å². The quantitative estimate of drug-likeness (QED) is 0.648. The Morgan fingerprint density at radius 3 is 2.69 bits per heavy atom. The van der Waals surface area contributed by atoms with E-state index in [1.165, 1.54) is 6.20 Å². The summed E-state index contributed by atoms with van der Waals surface area (Å²) in [6.45, 7) is 0. The Balaban J connectivity index is 3.27. The maximum atomic E-state index is 12.3. The van der Waals surface area contributed by atoms with Gasteiger partial charge >= 0.3 is 0 Å². The van der Waals surface area contributed by atoms with Gasteiger partial charge in [-0.1, -0.05) is 15.9 Å². The van der Waals surface area contributed by atoms with Crippen LogP contribution in [0.5, 0.6) is 0 Å². The maximum Gasteiger partial charge on any atom is 0.282 e. The molecule has 2 nitrogen and oxygen atoms in total. The van der Waals surface area contributed by atoms with Crippen molar-refractivity contribution in [3.05, 3.63) is 21.0 Å². The summed E-state index contributed by atoms with van der Waals surface area (Å²) in [7, 11) is 0. The van der Waals surface area contributed by atoms with Gasteiger partial charge in [0.05, 0.1) is 5.69 Å². The average molecular weight is 363 g/mol. The van der Waals surface area contributed by atoms with Gasteiger partial charge in [0.25, 0.3) is 6.43 Å². The van der Waals surface area contributed by atoms with Crippen molar-refractivity contribution in [2.24, 2.45) is 0 Å². The SMILES string of the molecule is Nc1c(C(F)F)ncc(I)c1CBr. The van der Waals surface area contributed by atoms with Gasteiger partial charge in [0, 0.05) is 20.7 Å². The molecule has 0 saturated heterocycles. The van der Waals surface area contributed by atoms with Crippen molar-refractivity contribution in [2.75, 3.05) is 5.73 Å². The van der Waals surface area contributed by atoms with Crippen LogP contribution in [0.3, 0.4) is 0 Å². The summed E-state index contributed by atoms with van der Waals surface area (Å²) < 4.78 is 25.4. The first kappa shape index (κ1) is 11.1. The molecule has 0 saturated carbocycles. The average Bonchev–Trinajstić information content (AvgIpc) is 2.04. The molecule has 0 amide bonds. The summed E-state index contributed by atoms with van der Waals surface area (Å²) in [5, 5.41) is 0.458. The predicted molar refractivity (Wildman–Crippen MR) is 59.0 cm³/mol. The van der Waals surface area contributed by atoms with Crippen LogP contribution in [0.1, 0.15) is 17.7 Å². The van der Waals surface area contributed by atoms with E-state index in [2.05, 4.69) is 20.9 Å². The highest BCUT2D eigenvalue weighted by Gasteiger charge is 2.16. The number of alkyl halides is 3. The minimum Gasteiger partial charge on any atom is -0.397 e. The summed E-state index contributed by atoms with van der Waals surface area (Å²) in [5.41, 5.74) is 5.93. The first-order valence-electron chi connectivity index (χ1n) is 3.34. The van der Waals surface area contributed by atoms with Crippen LogP contribution in [-0.4, -0.2) is 4.98 Å². The second-order valence-corrected chi connectivity index (χ2v) is 4.04. The van der Waals surface area contributed by atoms with Crippen LogP contribution >= 0.6 is 38.5 Å². The van der Waals surface area contributed by atoms with E-state index < -0.39 is 6.43 Å². The van der Waals surface area contributed by atoms with Crippen LogP contribution in [0.25, 0.3) is 0 Å². The Morgan fingerprint density at radius 1 is 1.62 bits per heavy atom. The molecule has 0 aliphatic carbocycles. The fourth-order valence-electron chi connectivity index (χ4n) is 0.867. The highest BCUT2D eigenvalue weighted by atomic mass is 127. The fourth-order valence-corrected chi connectivity index (χ4v) is 2.62. The van der Waals surface area contributed by atoms with Crippen LogP contribution in [0.15, 0.2) is 6.20 Å². The molecule has 2 N–H and O–H groups in total. The zero-order chi connectivity index (χ0) is 10.0. The van der Waals surface area contributed by atoms with Crippen molar-refractivity contribution in [1.29, 1.82) is 0 Å². The van der Waals surface area contributed by atoms with Gasteiger partial charge in [-0.05, 0) is 22.6 Å². The van der Waals surface area contributed by atoms with Gasteiger partial charge in [0.2, 0.25) is 0 Å². The Morgan fingerprint density at radius 2 is 2.23 bits per heavy atom. The Kier molecular flexibility index (Phi) is 3.84. The molecule has 0 fully saturated rings. The standard InChI is InChI=1S/C7H6BrF2IN2/c8-1-3-4(11)2-13-6(5(3)12)7(9)10/h2,7H,1,12H2. The monoisotopic (exact) mass is 362 g/mol. The van der Waals surface area contributed by atoms with Crippen molar-refractivity contribution < 1.29 is 8.78 Å². The number of halogens is 4. The third-order valence-electron chi connectivity index (χ3n) is 1.55. The lowest BCUT2D eigenvalue weighted by atomic mass is 10.2. The molecule has 1 rings (SSSR count). The lowest BCUT2D eigenvalue weighted by molar-refractivity contribution is 0.147. The normalized spacial score (nSPS) is 10.8. The molecule has 0 spiro atoms. The van der Waals surface area contributed by atoms with Crippen molar-refractivity contribution in [2.45, 2.75) is 11.8 Å². The Bertz CT molecular complexity index is 320. The summed E-state index contributed by atoms with van der Waals surface area (Å²) >= 11 is 5.19. The van der Waals surface area contributed by atoms with Crippen LogP contribution < -0.4 is 5.73 Å². The van der Waals surface area contributed by atoms with Gasteiger partial charge in [-0.25, -0.2) is 8.78 Å². The number of hydrogen-bond donors (Lipinski definition) is 1. The molecule has 0 atom stereocenters. The number of anilines is 1. The zero-order valence-corrected chi connectivity index (χ0v) is 10.1. The van der Waals surface area contributed by atoms with E-state index in [1.807, 2.05) is 22.6 Å². The van der Waals surface area contributed by atoms with Gasteiger partial charge in [0.1, 0.15) is 5.69 Å². The van der Waals surface area contributed by atoms with Gasteiger partial charge < -0.3 is 5.73 Å². The van der Waals surface area contributed by atoms with Crippen LogP contribution in [0.2, 0.25) is 0 Å². The number of nitrogen functional groups attached to an aromatic ring is 1. The molecule has 0 bridgehead atoms. The van der Waals surface area contributed by atoms with Crippen LogP contribution in [-0.2, 0) is 5.33 Å². The first-order valence-corrected chi connectivity index (χ1v) is 5.54. The molecule has 6 heteroatoms. The first-order chi connectivity index (χ1) is 6.07. The third-order valence-corrected chi connectivity index (χ3v) is 3.04. The Hall–Kier alpha value is 0.0200. The molecule has 1 aromatic rings. The predicted octanol–water partition coefficient (Wildman–Crippen LogP) is 3.10. The molecule has 0 aliphatic heterocycles. The van der Waals surface area contributed by atoms with Gasteiger partial charge in [-0.3, -0.25) is 4.98 Å². The number of rotatable bonds is 2. The number of nitrogens with two attached hydrogens (primary N) is 1. The molecule has 72 valence electrons. The van der Waals surface area contributed by atoms with E-state index in [-0.39, 0.29) is 11.4 Å². The summed E-state index contributed by atoms with van der Waals surface area (Å²) in [5.74, 6) is 0. The largest absolute Gasteiger partial charge is 0.397 e. The lowest BCUT2D eigenvalue weighted by Crippen LogP contribution is -2.04. The summed E-state index contributed by atoms with van der Waals surface area (Å²) in [6, 6.07) is 0. The molecule has 0 aliphatic rings. The van der Waals surface area contributed by atoms with Crippen molar-refractivity contribution >= 4 is 44.2 Å². The van der Waals surface area contributed by atoms with Crippen molar-refractivity contribution in [3.63, 3.8) is 0 Å². The molecule has 0 aromatic carbocycles. The van der Waals surface area contributed by atoms with Gasteiger partial charge in [-0.2, -0.15) is 0 Å². The lowest BCUT2D eigenvalue weighted by Gasteiger charge is -2.09. The number of aromatic nitrogens is 1. The molecule has 1 aromatic heterocycles. The zero-order valence-electron chi connectivity index (χ0n) is 6.40. The smallest absolute Gasteiger partial charge is 0.282 e. The summed E-state index contributed by atoms with van der Waals surface area (Å²) in [6.07, 6.45) is -1.22. The Labute approximate surface area is 96.2 Å². The molecule has 0 unspecified atom stereocenters. The van der Waals surface area contributed by atoms with E-state index in [1.54, 1.807) is 0 Å². The number of pyridine rings is 1. The van der Waals surface area contributed by atoms with E-state index in [0.717, 1.165) is 3.57 Å². The topological polar surface area (TPSA) is 38.9 Å². The fraction of sp³-hybridized carbons (Fsp3) is 0.286. The second-order valence-electron chi connectivity index (χ2n) is 2.32. The molecule has 1 heterocycles. The van der Waals surface area contributed by atoms with E-state index in [0.29, 0.717) is 10.9 Å². The summed E-state index contributed by atoms with van der Waals surface area (Å²) in [4.78, 5) is 3.58. The third kappa shape index (κ3) is 2.28. The molecular formula is C7H6BrF2IN2. The molecular weight excluding hydrogens is 357 g/mol. The van der Waals surface area contributed by atoms with E-state index in [9.17, 15) is 8.78 Å². The maximum absolute atomic E-state index is 12.3.